The molecule has 120 valence electrons. The minimum Gasteiger partial charge on any atom is -0.453 e. The number of benzene rings is 2. The van der Waals surface area contributed by atoms with Gasteiger partial charge in [0.2, 0.25) is 0 Å². The largest absolute Gasteiger partial charge is 0.453 e. The third-order valence-electron chi connectivity index (χ3n) is 4.52. The van der Waals surface area contributed by atoms with E-state index in [0.29, 0.717) is 17.6 Å². The van der Waals surface area contributed by atoms with Crippen LogP contribution in [0.15, 0.2) is 78.0 Å². The van der Waals surface area contributed by atoms with Crippen LogP contribution in [0.25, 0.3) is 16.6 Å². The van der Waals surface area contributed by atoms with Gasteiger partial charge in [0.1, 0.15) is 5.52 Å². The number of ether oxygens (including phenoxy) is 1. The van der Waals surface area contributed by atoms with E-state index in [9.17, 15) is 4.79 Å². The molecule has 4 aromatic rings. The molecule has 4 heteroatoms. The number of para-hydroxylation sites is 3. The van der Waals surface area contributed by atoms with Crippen LogP contribution >= 0.6 is 0 Å². The summed E-state index contributed by atoms with van der Waals surface area (Å²) in [6, 6.07) is 17.4. The van der Waals surface area contributed by atoms with E-state index in [1.807, 2.05) is 60.8 Å². The highest BCUT2D eigenvalue weighted by Crippen LogP contribution is 2.39. The molecule has 0 unspecified atom stereocenters. The van der Waals surface area contributed by atoms with Crippen LogP contribution in [0.4, 0.5) is 0 Å². The van der Waals surface area contributed by atoms with Gasteiger partial charge in [-0.15, -0.1) is 0 Å². The zero-order chi connectivity index (χ0) is 16.8. The van der Waals surface area contributed by atoms with Gasteiger partial charge in [-0.05, 0) is 35.9 Å². The Hall–Kier alpha value is -3.40. The van der Waals surface area contributed by atoms with E-state index in [2.05, 4.69) is 9.55 Å². The Kier molecular flexibility index (Phi) is 2.97. The highest BCUT2D eigenvalue weighted by atomic mass is 16.5. The van der Waals surface area contributed by atoms with Crippen molar-refractivity contribution in [2.75, 3.05) is 0 Å². The molecule has 3 heterocycles. The number of nitrogens with zero attached hydrogens (tertiary/aromatic N) is 2. The zero-order valence-corrected chi connectivity index (χ0v) is 13.3. The van der Waals surface area contributed by atoms with Crippen LogP contribution in [-0.4, -0.2) is 9.55 Å². The van der Waals surface area contributed by atoms with Gasteiger partial charge in [0.05, 0.1) is 11.1 Å². The lowest BCUT2D eigenvalue weighted by Gasteiger charge is -2.23. The van der Waals surface area contributed by atoms with E-state index < -0.39 is 0 Å². The van der Waals surface area contributed by atoms with Gasteiger partial charge in [0.25, 0.3) is 0 Å². The average molecular weight is 326 g/mol. The van der Waals surface area contributed by atoms with Crippen LogP contribution in [0, 0.1) is 0 Å². The Labute approximate surface area is 144 Å². The quantitative estimate of drug-likeness (QED) is 0.491. The molecule has 0 N–H and O–H groups in total. The Balaban J connectivity index is 1.81. The van der Waals surface area contributed by atoms with Crippen molar-refractivity contribution in [3.05, 3.63) is 94.5 Å². The van der Waals surface area contributed by atoms with Gasteiger partial charge < -0.3 is 9.30 Å². The summed E-state index contributed by atoms with van der Waals surface area (Å²) in [5, 5.41) is 0.674. The van der Waals surface area contributed by atoms with Gasteiger partial charge in [-0.3, -0.25) is 9.78 Å². The fourth-order valence-electron chi connectivity index (χ4n) is 3.39. The van der Waals surface area contributed by atoms with E-state index in [-0.39, 0.29) is 5.43 Å². The molecule has 25 heavy (non-hydrogen) atoms. The number of pyridine rings is 2. The molecule has 0 bridgehead atoms. The van der Waals surface area contributed by atoms with Gasteiger partial charge in [-0.1, -0.05) is 24.3 Å². The third-order valence-corrected chi connectivity index (χ3v) is 4.52. The summed E-state index contributed by atoms with van der Waals surface area (Å²) in [5.41, 5.74) is 3.57. The predicted molar refractivity (Wildman–Crippen MR) is 96.7 cm³/mol. The maximum Gasteiger partial charge on any atom is 0.193 e. The second-order valence-corrected chi connectivity index (χ2v) is 6.11. The van der Waals surface area contributed by atoms with Crippen molar-refractivity contribution in [3.63, 3.8) is 0 Å². The van der Waals surface area contributed by atoms with Gasteiger partial charge in [-0.2, -0.15) is 0 Å². The maximum absolute atomic E-state index is 13.0. The molecule has 0 aliphatic carbocycles. The van der Waals surface area contributed by atoms with E-state index >= 15 is 0 Å². The summed E-state index contributed by atoms with van der Waals surface area (Å²) in [6.07, 6.45) is 6.02. The van der Waals surface area contributed by atoms with Gasteiger partial charge in [0.15, 0.2) is 16.9 Å². The van der Waals surface area contributed by atoms with Crippen molar-refractivity contribution in [1.82, 2.24) is 9.55 Å². The van der Waals surface area contributed by atoms with E-state index in [4.69, 9.17) is 4.74 Å². The van der Waals surface area contributed by atoms with Crippen LogP contribution in [0.5, 0.6) is 11.5 Å². The van der Waals surface area contributed by atoms with Crippen molar-refractivity contribution in [2.45, 2.75) is 6.42 Å². The summed E-state index contributed by atoms with van der Waals surface area (Å²) in [7, 11) is 0. The lowest BCUT2D eigenvalue weighted by Crippen LogP contribution is -2.17. The van der Waals surface area contributed by atoms with E-state index in [0.717, 1.165) is 28.1 Å². The molecule has 0 radical (unpaired) electrons. The Morgan fingerprint density at radius 1 is 0.960 bits per heavy atom. The van der Waals surface area contributed by atoms with Crippen molar-refractivity contribution in [3.8, 4) is 17.2 Å². The Morgan fingerprint density at radius 3 is 2.72 bits per heavy atom. The normalized spacial score (nSPS) is 11.8. The Morgan fingerprint density at radius 2 is 1.84 bits per heavy atom. The molecule has 5 rings (SSSR count). The van der Waals surface area contributed by atoms with Crippen LogP contribution in [0.3, 0.4) is 0 Å². The third kappa shape index (κ3) is 2.15. The Bertz CT molecular complexity index is 1160. The van der Waals surface area contributed by atoms with Crippen molar-refractivity contribution in [2.24, 2.45) is 0 Å². The highest BCUT2D eigenvalue weighted by molar-refractivity contribution is 5.89. The van der Waals surface area contributed by atoms with Crippen molar-refractivity contribution < 1.29 is 4.74 Å². The fourth-order valence-corrected chi connectivity index (χ4v) is 3.39. The first-order chi connectivity index (χ1) is 12.3. The van der Waals surface area contributed by atoms with Crippen LogP contribution in [0.2, 0.25) is 0 Å². The first-order valence-electron chi connectivity index (χ1n) is 8.15. The summed E-state index contributed by atoms with van der Waals surface area (Å²) in [4.78, 5) is 17.1. The molecule has 4 nitrogen and oxygen atoms in total. The molecule has 0 fully saturated rings. The highest BCUT2D eigenvalue weighted by Gasteiger charge is 2.21. The molecule has 2 aromatic carbocycles. The molecule has 1 aliphatic rings. The summed E-state index contributed by atoms with van der Waals surface area (Å²) < 4.78 is 8.06. The minimum absolute atomic E-state index is 0.0416. The van der Waals surface area contributed by atoms with Crippen LogP contribution in [-0.2, 0) is 6.42 Å². The van der Waals surface area contributed by atoms with Gasteiger partial charge in [-0.25, -0.2) is 0 Å². The zero-order valence-electron chi connectivity index (χ0n) is 13.3. The number of fused-ring (bicyclic) bond motifs is 2. The molecule has 0 atom stereocenters. The number of hydrogen-bond donors (Lipinski definition) is 0. The first-order valence-corrected chi connectivity index (χ1v) is 8.15. The smallest absolute Gasteiger partial charge is 0.193 e. The first kappa shape index (κ1) is 14.0. The summed E-state index contributed by atoms with van der Waals surface area (Å²) in [5.74, 6) is 1.50. The van der Waals surface area contributed by atoms with Crippen molar-refractivity contribution in [1.29, 1.82) is 0 Å². The van der Waals surface area contributed by atoms with Crippen LogP contribution in [0.1, 0.15) is 11.1 Å². The SMILES string of the molecule is O=c1c(Cc2cccnc2)cn2c3c(cccc13)Oc1ccccc1-2. The number of hydrogen-bond acceptors (Lipinski definition) is 3. The van der Waals surface area contributed by atoms with Gasteiger partial charge >= 0.3 is 0 Å². The van der Waals surface area contributed by atoms with Crippen LogP contribution < -0.4 is 10.2 Å². The molecular formula is C21H14N2O2. The molecule has 0 spiro atoms. The topological polar surface area (TPSA) is 44.1 Å². The molecule has 2 aromatic heterocycles. The van der Waals surface area contributed by atoms with E-state index in [1.54, 1.807) is 12.4 Å². The molecule has 0 amide bonds. The molecule has 0 saturated heterocycles. The van der Waals surface area contributed by atoms with E-state index in [1.165, 1.54) is 0 Å². The standard InChI is InChI=1S/C21H14N2O2/c24-21-15(11-14-5-4-10-22-12-14)13-23-17-7-1-2-8-18(17)25-19-9-3-6-16(21)20(19)23/h1-10,12-13H,11H2. The molecule has 0 saturated carbocycles. The minimum atomic E-state index is 0.0416. The second kappa shape index (κ2) is 5.31. The second-order valence-electron chi connectivity index (χ2n) is 6.11. The molecule has 1 aliphatic heterocycles. The number of aromatic nitrogens is 2. The van der Waals surface area contributed by atoms with Crippen molar-refractivity contribution >= 4 is 10.9 Å². The fraction of sp³-hybridized carbons (Fsp3) is 0.0476. The predicted octanol–water partition coefficient (Wildman–Crippen LogP) is 4.08. The lowest BCUT2D eigenvalue weighted by molar-refractivity contribution is 0.474. The monoisotopic (exact) mass is 326 g/mol. The van der Waals surface area contributed by atoms with Gasteiger partial charge in [0, 0.05) is 30.6 Å². The molecular weight excluding hydrogens is 312 g/mol. The number of rotatable bonds is 2. The summed E-state index contributed by atoms with van der Waals surface area (Å²) in [6.45, 7) is 0. The maximum atomic E-state index is 13.0. The summed E-state index contributed by atoms with van der Waals surface area (Å²) >= 11 is 0. The lowest BCUT2D eigenvalue weighted by atomic mass is 10.0. The average Bonchev–Trinajstić information content (AvgIpc) is 2.66.